The second kappa shape index (κ2) is 12.7. The number of amides is 1. The van der Waals surface area contributed by atoms with Crippen LogP contribution in [0.5, 0.6) is 5.75 Å². The number of nitrogens with zero attached hydrogens (tertiary/aromatic N) is 1. The first kappa shape index (κ1) is 25.3. The lowest BCUT2D eigenvalue weighted by Crippen LogP contribution is -2.28. The average molecular weight is 435 g/mol. The van der Waals surface area contributed by atoms with E-state index in [4.69, 9.17) is 22.1 Å². The van der Waals surface area contributed by atoms with Gasteiger partial charge >= 0.3 is 0 Å². The maximum atomic E-state index is 12.3. The number of rotatable bonds is 8. The van der Waals surface area contributed by atoms with E-state index in [1.54, 1.807) is 6.07 Å². The van der Waals surface area contributed by atoms with Crippen molar-refractivity contribution in [2.75, 3.05) is 33.0 Å². The van der Waals surface area contributed by atoms with Crippen LogP contribution in [0.2, 0.25) is 5.02 Å². The van der Waals surface area contributed by atoms with Crippen molar-refractivity contribution in [1.29, 1.82) is 0 Å². The topological polar surface area (TPSA) is 67.6 Å². The van der Waals surface area contributed by atoms with Crippen LogP contribution in [0.15, 0.2) is 42.5 Å². The Morgan fingerprint density at radius 3 is 2.52 bits per heavy atom. The standard InChI is InChI=1S/C19H24ClN3O2.2ClH/c1-23(13-14-7-4-3-5-8-14)10-6-9-22-19(24)15-11-16(20)17(21)12-18(15)25-2;;/h3-5,7-8,11-12H,6,9-10,13,21H2,1-2H3,(H,22,24);2*1H. The molecule has 1 amide bonds. The third-order valence-corrected chi connectivity index (χ3v) is 4.19. The normalized spacial score (nSPS) is 9.93. The molecule has 0 heterocycles. The minimum absolute atomic E-state index is 0. The first-order valence-electron chi connectivity index (χ1n) is 8.15. The van der Waals surface area contributed by atoms with Crippen molar-refractivity contribution >= 4 is 48.0 Å². The molecule has 0 fully saturated rings. The number of anilines is 1. The van der Waals surface area contributed by atoms with Gasteiger partial charge in [0, 0.05) is 19.2 Å². The summed E-state index contributed by atoms with van der Waals surface area (Å²) in [6, 6.07) is 13.4. The van der Waals surface area contributed by atoms with Crippen molar-refractivity contribution in [2.45, 2.75) is 13.0 Å². The molecule has 0 saturated carbocycles. The van der Waals surface area contributed by atoms with Crippen LogP contribution >= 0.6 is 36.4 Å². The van der Waals surface area contributed by atoms with Crippen LogP contribution in [0, 0.1) is 0 Å². The molecule has 0 aromatic heterocycles. The SMILES string of the molecule is COc1cc(N)c(Cl)cc1C(=O)NCCCN(C)Cc1ccccc1.Cl.Cl. The Bertz CT molecular complexity index is 715. The van der Waals surface area contributed by atoms with Crippen LogP contribution < -0.4 is 15.8 Å². The Morgan fingerprint density at radius 2 is 1.89 bits per heavy atom. The zero-order chi connectivity index (χ0) is 18.2. The van der Waals surface area contributed by atoms with Gasteiger partial charge in [-0.25, -0.2) is 0 Å². The highest BCUT2D eigenvalue weighted by Crippen LogP contribution is 2.28. The molecule has 3 N–H and O–H groups in total. The van der Waals surface area contributed by atoms with Crippen molar-refractivity contribution in [2.24, 2.45) is 0 Å². The number of nitrogens with one attached hydrogen (secondary N) is 1. The Morgan fingerprint density at radius 1 is 1.22 bits per heavy atom. The van der Waals surface area contributed by atoms with E-state index in [-0.39, 0.29) is 30.7 Å². The second-order valence-corrected chi connectivity index (χ2v) is 6.31. The number of benzene rings is 2. The molecule has 150 valence electrons. The molecule has 0 saturated heterocycles. The van der Waals surface area contributed by atoms with E-state index in [0.717, 1.165) is 19.5 Å². The summed E-state index contributed by atoms with van der Waals surface area (Å²) in [5.41, 5.74) is 7.78. The van der Waals surface area contributed by atoms with Crippen LogP contribution in [0.25, 0.3) is 0 Å². The van der Waals surface area contributed by atoms with Crippen LogP contribution in [0.1, 0.15) is 22.3 Å². The molecule has 0 aliphatic heterocycles. The summed E-state index contributed by atoms with van der Waals surface area (Å²) in [6.07, 6.45) is 0.847. The molecule has 2 aromatic rings. The molecule has 0 unspecified atom stereocenters. The van der Waals surface area contributed by atoms with Gasteiger partial charge in [0.25, 0.3) is 5.91 Å². The zero-order valence-corrected chi connectivity index (χ0v) is 17.8. The minimum Gasteiger partial charge on any atom is -0.496 e. The highest BCUT2D eigenvalue weighted by atomic mass is 35.5. The second-order valence-electron chi connectivity index (χ2n) is 5.91. The molecule has 0 aliphatic carbocycles. The number of hydrogen-bond donors (Lipinski definition) is 2. The summed E-state index contributed by atoms with van der Waals surface area (Å²) in [7, 11) is 3.57. The monoisotopic (exact) mass is 433 g/mol. The number of hydrogen-bond acceptors (Lipinski definition) is 4. The molecule has 0 aliphatic rings. The van der Waals surface area contributed by atoms with Gasteiger partial charge in [0.05, 0.1) is 23.4 Å². The maximum Gasteiger partial charge on any atom is 0.255 e. The highest BCUT2D eigenvalue weighted by molar-refractivity contribution is 6.33. The lowest BCUT2D eigenvalue weighted by Gasteiger charge is -2.17. The van der Waals surface area contributed by atoms with E-state index in [9.17, 15) is 4.79 Å². The summed E-state index contributed by atoms with van der Waals surface area (Å²) < 4.78 is 5.21. The van der Waals surface area contributed by atoms with Gasteiger partial charge in [0.2, 0.25) is 0 Å². The van der Waals surface area contributed by atoms with Crippen molar-refractivity contribution in [1.82, 2.24) is 10.2 Å². The molecule has 2 aromatic carbocycles. The van der Waals surface area contributed by atoms with Gasteiger partial charge in [-0.15, -0.1) is 24.8 Å². The largest absolute Gasteiger partial charge is 0.496 e. The lowest BCUT2D eigenvalue weighted by atomic mass is 10.1. The first-order chi connectivity index (χ1) is 12.0. The fourth-order valence-corrected chi connectivity index (χ4v) is 2.70. The number of nitrogen functional groups attached to an aromatic ring is 1. The van der Waals surface area contributed by atoms with Crippen LogP contribution in [0.3, 0.4) is 0 Å². The molecular weight excluding hydrogens is 409 g/mol. The van der Waals surface area contributed by atoms with Gasteiger partial charge in [0.15, 0.2) is 0 Å². The Balaban J connectivity index is 0.00000338. The summed E-state index contributed by atoms with van der Waals surface area (Å²) in [5, 5.41) is 3.24. The molecule has 2 rings (SSSR count). The Hall–Kier alpha value is -1.66. The molecule has 5 nitrogen and oxygen atoms in total. The van der Waals surface area contributed by atoms with E-state index >= 15 is 0 Å². The van der Waals surface area contributed by atoms with Crippen LogP contribution in [-0.4, -0.2) is 38.1 Å². The Kier molecular flexibility index (Phi) is 11.9. The van der Waals surface area contributed by atoms with Crippen molar-refractivity contribution in [3.63, 3.8) is 0 Å². The number of ether oxygens (including phenoxy) is 1. The summed E-state index contributed by atoms with van der Waals surface area (Å²) in [6.45, 7) is 2.34. The van der Waals surface area contributed by atoms with E-state index in [1.807, 2.05) is 18.2 Å². The molecule has 27 heavy (non-hydrogen) atoms. The van der Waals surface area contributed by atoms with E-state index in [0.29, 0.717) is 28.6 Å². The summed E-state index contributed by atoms with van der Waals surface area (Å²) in [5.74, 6) is 0.199. The fourth-order valence-electron chi connectivity index (χ4n) is 2.54. The van der Waals surface area contributed by atoms with E-state index in [1.165, 1.54) is 18.7 Å². The Labute approximate surface area is 178 Å². The van der Waals surface area contributed by atoms with Gasteiger partial charge in [-0.3, -0.25) is 4.79 Å². The smallest absolute Gasteiger partial charge is 0.255 e. The predicted molar refractivity (Wildman–Crippen MR) is 117 cm³/mol. The van der Waals surface area contributed by atoms with Gasteiger partial charge in [-0.05, 0) is 31.6 Å². The quantitative estimate of drug-likeness (QED) is 0.486. The van der Waals surface area contributed by atoms with Gasteiger partial charge in [-0.2, -0.15) is 0 Å². The zero-order valence-electron chi connectivity index (χ0n) is 15.4. The summed E-state index contributed by atoms with van der Waals surface area (Å²) in [4.78, 5) is 14.5. The van der Waals surface area contributed by atoms with Crippen molar-refractivity contribution in [3.8, 4) is 5.75 Å². The van der Waals surface area contributed by atoms with Crippen LogP contribution in [-0.2, 0) is 6.54 Å². The highest BCUT2D eigenvalue weighted by Gasteiger charge is 2.14. The molecule has 8 heteroatoms. The minimum atomic E-state index is -0.218. The third-order valence-electron chi connectivity index (χ3n) is 3.86. The van der Waals surface area contributed by atoms with Gasteiger partial charge in [-0.1, -0.05) is 41.9 Å². The molecule has 0 atom stereocenters. The maximum absolute atomic E-state index is 12.3. The van der Waals surface area contributed by atoms with E-state index < -0.39 is 0 Å². The summed E-state index contributed by atoms with van der Waals surface area (Å²) >= 11 is 6.00. The molecular formula is C19H26Cl3N3O2. The first-order valence-corrected chi connectivity index (χ1v) is 8.52. The van der Waals surface area contributed by atoms with E-state index in [2.05, 4.69) is 29.4 Å². The van der Waals surface area contributed by atoms with Gasteiger partial charge < -0.3 is 20.7 Å². The van der Waals surface area contributed by atoms with Crippen LogP contribution in [0.4, 0.5) is 5.69 Å². The third kappa shape index (κ3) is 7.85. The van der Waals surface area contributed by atoms with Crippen molar-refractivity contribution < 1.29 is 9.53 Å². The number of halogens is 3. The number of methoxy groups -OCH3 is 1. The average Bonchev–Trinajstić information content (AvgIpc) is 2.61. The fraction of sp³-hybridized carbons (Fsp3) is 0.316. The molecule has 0 radical (unpaired) electrons. The molecule has 0 bridgehead atoms. The number of nitrogens with two attached hydrogens (primary N) is 1. The molecule has 0 spiro atoms. The predicted octanol–water partition coefficient (Wildman–Crippen LogP) is 4.03. The van der Waals surface area contributed by atoms with Crippen molar-refractivity contribution in [3.05, 3.63) is 58.6 Å². The van der Waals surface area contributed by atoms with Gasteiger partial charge in [0.1, 0.15) is 5.75 Å². The number of carbonyl (C=O) groups is 1. The number of carbonyl (C=O) groups excluding carboxylic acids is 1. The lowest BCUT2D eigenvalue weighted by molar-refractivity contribution is 0.0949.